The van der Waals surface area contributed by atoms with E-state index < -0.39 is 0 Å². The van der Waals surface area contributed by atoms with Gasteiger partial charge in [-0.05, 0) is 74.0 Å². The van der Waals surface area contributed by atoms with Crippen LogP contribution in [0.3, 0.4) is 0 Å². The van der Waals surface area contributed by atoms with Gasteiger partial charge in [-0.15, -0.1) is 0 Å². The van der Waals surface area contributed by atoms with Crippen molar-refractivity contribution in [3.8, 4) is 0 Å². The molecule has 2 N–H and O–H groups in total. The summed E-state index contributed by atoms with van der Waals surface area (Å²) in [5, 5.41) is 0. The lowest BCUT2D eigenvalue weighted by Gasteiger charge is -2.55. The molecule has 4 aliphatic rings. The lowest BCUT2D eigenvalue weighted by atomic mass is 9.49. The van der Waals surface area contributed by atoms with Gasteiger partial charge in [-0.25, -0.2) is 0 Å². The lowest BCUT2D eigenvalue weighted by Crippen LogP contribution is -2.56. The minimum atomic E-state index is -0.322. The molecular formula is C19H23N3O2. The Morgan fingerprint density at radius 2 is 1.75 bits per heavy atom. The van der Waals surface area contributed by atoms with E-state index in [1.54, 1.807) is 18.5 Å². The van der Waals surface area contributed by atoms with Crippen LogP contribution >= 0.6 is 0 Å². The zero-order valence-corrected chi connectivity index (χ0v) is 13.7. The number of carbonyl (C=O) groups excluding carboxylic acids is 2. The number of amides is 2. The fourth-order valence-corrected chi connectivity index (χ4v) is 5.33. The van der Waals surface area contributed by atoms with E-state index in [-0.39, 0.29) is 17.2 Å². The molecule has 5 rings (SSSR count). The van der Waals surface area contributed by atoms with Crippen LogP contribution in [0.15, 0.2) is 30.6 Å². The summed E-state index contributed by atoms with van der Waals surface area (Å²) in [5.41, 5.74) is 5.81. The highest BCUT2D eigenvalue weighted by Gasteiger charge is 2.54. The van der Waals surface area contributed by atoms with E-state index in [1.165, 1.54) is 25.3 Å². The smallest absolute Gasteiger partial charge is 0.262 e. The first-order valence-electron chi connectivity index (χ1n) is 8.81. The molecule has 0 radical (unpaired) electrons. The summed E-state index contributed by atoms with van der Waals surface area (Å²) < 4.78 is 0. The van der Waals surface area contributed by atoms with Crippen LogP contribution in [0.25, 0.3) is 6.08 Å². The van der Waals surface area contributed by atoms with Crippen LogP contribution in [-0.2, 0) is 9.59 Å². The number of hydrogen-bond acceptors (Lipinski definition) is 3. The second-order valence-corrected chi connectivity index (χ2v) is 7.76. The Morgan fingerprint density at radius 3 is 2.33 bits per heavy atom. The Morgan fingerprint density at radius 1 is 1.08 bits per heavy atom. The van der Waals surface area contributed by atoms with Gasteiger partial charge >= 0.3 is 0 Å². The van der Waals surface area contributed by atoms with Crippen LogP contribution in [-0.4, -0.2) is 16.8 Å². The molecule has 5 heteroatoms. The van der Waals surface area contributed by atoms with Crippen LogP contribution in [0.2, 0.25) is 0 Å². The van der Waals surface area contributed by atoms with Crippen LogP contribution < -0.4 is 10.9 Å². The van der Waals surface area contributed by atoms with Crippen molar-refractivity contribution in [1.82, 2.24) is 15.8 Å². The van der Waals surface area contributed by atoms with Crippen molar-refractivity contribution in [2.24, 2.45) is 23.2 Å². The highest BCUT2D eigenvalue weighted by molar-refractivity contribution is 5.93. The molecule has 0 unspecified atom stereocenters. The molecular weight excluding hydrogens is 302 g/mol. The fraction of sp³-hybridized carbons (Fsp3) is 0.526. The summed E-state index contributed by atoms with van der Waals surface area (Å²) >= 11 is 0. The molecule has 4 bridgehead atoms. The average Bonchev–Trinajstić information content (AvgIpc) is 2.57. The monoisotopic (exact) mass is 325 g/mol. The number of nitrogens with zero attached hydrogens (tertiary/aromatic N) is 1. The fourth-order valence-electron chi connectivity index (χ4n) is 5.33. The largest absolute Gasteiger partial charge is 0.273 e. The van der Waals surface area contributed by atoms with Crippen molar-refractivity contribution in [3.05, 3.63) is 36.2 Å². The predicted octanol–water partition coefficient (Wildman–Crippen LogP) is 2.46. The molecule has 1 heterocycles. The molecule has 0 saturated heterocycles. The van der Waals surface area contributed by atoms with Gasteiger partial charge in [0, 0.05) is 18.5 Å². The summed E-state index contributed by atoms with van der Waals surface area (Å²) in [6.07, 6.45) is 13.3. The summed E-state index contributed by atoms with van der Waals surface area (Å²) in [5.74, 6) is 1.82. The van der Waals surface area contributed by atoms with Crippen LogP contribution in [0.1, 0.15) is 44.1 Å². The third kappa shape index (κ3) is 2.95. The van der Waals surface area contributed by atoms with Crippen LogP contribution in [0.4, 0.5) is 0 Å². The number of rotatable bonds is 3. The van der Waals surface area contributed by atoms with E-state index in [0.29, 0.717) is 17.8 Å². The lowest BCUT2D eigenvalue weighted by molar-refractivity contribution is -0.148. The third-order valence-corrected chi connectivity index (χ3v) is 5.93. The van der Waals surface area contributed by atoms with Gasteiger partial charge in [-0.1, -0.05) is 6.07 Å². The molecule has 0 aliphatic heterocycles. The second-order valence-electron chi connectivity index (χ2n) is 7.76. The van der Waals surface area contributed by atoms with Gasteiger partial charge < -0.3 is 0 Å². The van der Waals surface area contributed by atoms with Gasteiger partial charge in [0.15, 0.2) is 0 Å². The second kappa shape index (κ2) is 6.04. The maximum absolute atomic E-state index is 12.7. The average molecular weight is 325 g/mol. The Kier molecular flexibility index (Phi) is 3.87. The molecule has 4 saturated carbocycles. The van der Waals surface area contributed by atoms with E-state index in [2.05, 4.69) is 15.8 Å². The standard InChI is InChI=1S/C19H23N3O2/c23-17(4-3-13-2-1-5-20-12-13)21-22-18(24)19-9-14-6-15(10-19)8-16(7-14)11-19/h1-5,12,14-16H,6-11H2,(H,21,23)(H,22,24)/b4-3+. The molecule has 0 aromatic carbocycles. The van der Waals surface area contributed by atoms with Crippen LogP contribution in [0.5, 0.6) is 0 Å². The van der Waals surface area contributed by atoms with Crippen molar-refractivity contribution in [1.29, 1.82) is 0 Å². The first-order valence-corrected chi connectivity index (χ1v) is 8.81. The van der Waals surface area contributed by atoms with Gasteiger partial charge in [0.1, 0.15) is 0 Å². The highest BCUT2D eigenvalue weighted by atomic mass is 16.2. The van der Waals surface area contributed by atoms with Crippen molar-refractivity contribution >= 4 is 17.9 Å². The number of nitrogens with one attached hydrogen (secondary N) is 2. The molecule has 5 nitrogen and oxygen atoms in total. The van der Waals surface area contributed by atoms with E-state index in [4.69, 9.17) is 0 Å². The number of carbonyl (C=O) groups is 2. The molecule has 4 aliphatic carbocycles. The summed E-state index contributed by atoms with van der Waals surface area (Å²) in [7, 11) is 0. The molecule has 0 atom stereocenters. The van der Waals surface area contributed by atoms with Gasteiger partial charge in [0.2, 0.25) is 5.91 Å². The van der Waals surface area contributed by atoms with Crippen molar-refractivity contribution in [2.45, 2.75) is 38.5 Å². The zero-order chi connectivity index (χ0) is 16.6. The van der Waals surface area contributed by atoms with Crippen molar-refractivity contribution < 1.29 is 9.59 Å². The number of hydrogen-bond donors (Lipinski definition) is 2. The summed E-state index contributed by atoms with van der Waals surface area (Å²) in [4.78, 5) is 28.6. The first-order chi connectivity index (χ1) is 11.6. The molecule has 1 aromatic rings. The van der Waals surface area contributed by atoms with Gasteiger partial charge in [-0.3, -0.25) is 25.4 Å². The topological polar surface area (TPSA) is 71.1 Å². The quantitative estimate of drug-likeness (QED) is 0.662. The molecule has 0 spiro atoms. The molecule has 126 valence electrons. The van der Waals surface area contributed by atoms with Crippen molar-refractivity contribution in [3.63, 3.8) is 0 Å². The predicted molar refractivity (Wildman–Crippen MR) is 90.2 cm³/mol. The number of hydrazine groups is 1. The normalized spacial score (nSPS) is 33.6. The minimum absolute atomic E-state index is 0.00438. The zero-order valence-electron chi connectivity index (χ0n) is 13.7. The van der Waals surface area contributed by atoms with E-state index in [9.17, 15) is 9.59 Å². The van der Waals surface area contributed by atoms with E-state index in [1.807, 2.05) is 12.1 Å². The van der Waals surface area contributed by atoms with Crippen molar-refractivity contribution in [2.75, 3.05) is 0 Å². The Bertz CT molecular complexity index is 633. The molecule has 24 heavy (non-hydrogen) atoms. The Labute approximate surface area is 141 Å². The van der Waals surface area contributed by atoms with Gasteiger partial charge in [-0.2, -0.15) is 0 Å². The van der Waals surface area contributed by atoms with E-state index >= 15 is 0 Å². The molecule has 4 fully saturated rings. The van der Waals surface area contributed by atoms with Gasteiger partial charge in [0.05, 0.1) is 5.41 Å². The Hall–Kier alpha value is -2.17. The van der Waals surface area contributed by atoms with E-state index in [0.717, 1.165) is 24.8 Å². The maximum Gasteiger partial charge on any atom is 0.262 e. The van der Waals surface area contributed by atoms with Crippen LogP contribution in [0, 0.1) is 23.2 Å². The summed E-state index contributed by atoms with van der Waals surface area (Å²) in [6, 6.07) is 3.68. The third-order valence-electron chi connectivity index (χ3n) is 5.93. The first kappa shape index (κ1) is 15.4. The SMILES string of the molecule is O=C(/C=C/c1cccnc1)NNC(=O)C12CC3CC(CC(C3)C1)C2. The minimum Gasteiger partial charge on any atom is -0.273 e. The molecule has 1 aromatic heterocycles. The number of pyridine rings is 1. The van der Waals surface area contributed by atoms with Gasteiger partial charge in [0.25, 0.3) is 5.91 Å². The molecule has 2 amide bonds. The summed E-state index contributed by atoms with van der Waals surface area (Å²) in [6.45, 7) is 0. The number of aromatic nitrogens is 1. The highest BCUT2D eigenvalue weighted by Crippen LogP contribution is 2.59. The maximum atomic E-state index is 12.7. The Balaban J connectivity index is 1.33.